The molecule has 0 amide bonds. The third-order valence-corrected chi connectivity index (χ3v) is 4.37. The van der Waals surface area contributed by atoms with Crippen LogP contribution in [0.5, 0.6) is 0 Å². The first-order valence-corrected chi connectivity index (χ1v) is 8.76. The number of nitrogens with zero attached hydrogens (tertiary/aromatic N) is 2. The first kappa shape index (κ1) is 19.5. The van der Waals surface area contributed by atoms with Crippen LogP contribution in [-0.2, 0) is 0 Å². The molecule has 132 valence electrons. The Labute approximate surface area is 159 Å². The predicted octanol–water partition coefficient (Wildman–Crippen LogP) is 4.89. The van der Waals surface area contributed by atoms with Gasteiger partial charge in [-0.2, -0.15) is 0 Å². The highest BCUT2D eigenvalue weighted by atomic mass is 35.5. The second-order valence-electron chi connectivity index (χ2n) is 6.14. The molecule has 0 unspecified atom stereocenters. The fourth-order valence-corrected chi connectivity index (χ4v) is 2.80. The summed E-state index contributed by atoms with van der Waals surface area (Å²) in [5.74, 6) is -0.145. The zero-order valence-corrected chi connectivity index (χ0v) is 16.2. The van der Waals surface area contributed by atoms with Crippen LogP contribution in [0.15, 0.2) is 48.5 Å². The molecule has 5 heteroatoms. The number of rotatable bonds is 7. The van der Waals surface area contributed by atoms with Crippen LogP contribution in [-0.4, -0.2) is 44.9 Å². The van der Waals surface area contributed by atoms with E-state index in [0.717, 1.165) is 24.3 Å². The molecule has 0 fully saturated rings. The van der Waals surface area contributed by atoms with Crippen LogP contribution in [0.1, 0.15) is 15.9 Å². The van der Waals surface area contributed by atoms with E-state index >= 15 is 0 Å². The maximum Gasteiger partial charge on any atom is 0.187 e. The largest absolute Gasteiger partial charge is 0.373 e. The van der Waals surface area contributed by atoms with Gasteiger partial charge >= 0.3 is 0 Å². The number of anilines is 1. The fourth-order valence-electron chi connectivity index (χ4n) is 2.30. The molecule has 0 aliphatic rings. The Balaban J connectivity index is 2.10. The Morgan fingerprint density at radius 3 is 2.48 bits per heavy atom. The van der Waals surface area contributed by atoms with Gasteiger partial charge < -0.3 is 9.80 Å². The Bertz CT molecular complexity index is 772. The number of likely N-dealkylation sites (N-methyl/N-ethyl adjacent to an activating group) is 2. The van der Waals surface area contributed by atoms with Crippen LogP contribution in [0.25, 0.3) is 6.08 Å². The average molecular weight is 377 g/mol. The maximum atomic E-state index is 12.3. The van der Waals surface area contributed by atoms with Crippen molar-refractivity contribution in [3.05, 3.63) is 69.7 Å². The van der Waals surface area contributed by atoms with Crippen molar-refractivity contribution in [3.8, 4) is 0 Å². The molecule has 0 saturated heterocycles. The van der Waals surface area contributed by atoms with E-state index in [4.69, 9.17) is 23.2 Å². The van der Waals surface area contributed by atoms with E-state index in [0.29, 0.717) is 15.6 Å². The first-order chi connectivity index (χ1) is 11.9. The van der Waals surface area contributed by atoms with Crippen molar-refractivity contribution in [1.29, 1.82) is 0 Å². The molecule has 0 N–H and O–H groups in total. The third-order valence-electron chi connectivity index (χ3n) is 3.82. The molecule has 2 rings (SSSR count). The quantitative estimate of drug-likeness (QED) is 0.507. The zero-order valence-electron chi connectivity index (χ0n) is 14.7. The van der Waals surface area contributed by atoms with Gasteiger partial charge in [0.15, 0.2) is 5.78 Å². The summed E-state index contributed by atoms with van der Waals surface area (Å²) in [4.78, 5) is 16.7. The Morgan fingerprint density at radius 2 is 1.80 bits per heavy atom. The lowest BCUT2D eigenvalue weighted by molar-refractivity contribution is 0.104. The predicted molar refractivity (Wildman–Crippen MR) is 108 cm³/mol. The molecule has 0 aliphatic carbocycles. The number of halogens is 2. The molecule has 2 aromatic carbocycles. The summed E-state index contributed by atoms with van der Waals surface area (Å²) in [7, 11) is 6.17. The highest BCUT2D eigenvalue weighted by Crippen LogP contribution is 2.22. The van der Waals surface area contributed by atoms with Crippen LogP contribution in [0.3, 0.4) is 0 Å². The lowest BCUT2D eigenvalue weighted by Crippen LogP contribution is -2.28. The van der Waals surface area contributed by atoms with Crippen LogP contribution in [0, 0.1) is 0 Å². The van der Waals surface area contributed by atoms with Crippen molar-refractivity contribution in [2.24, 2.45) is 0 Å². The number of carbonyl (C=O) groups is 1. The van der Waals surface area contributed by atoms with Gasteiger partial charge in [0.25, 0.3) is 0 Å². The molecular weight excluding hydrogens is 355 g/mol. The summed E-state index contributed by atoms with van der Waals surface area (Å²) in [5.41, 5.74) is 2.52. The van der Waals surface area contributed by atoms with E-state index in [1.807, 2.05) is 12.1 Å². The van der Waals surface area contributed by atoms with Crippen LogP contribution < -0.4 is 4.90 Å². The summed E-state index contributed by atoms with van der Waals surface area (Å²) in [6.07, 6.45) is 3.34. The summed E-state index contributed by atoms with van der Waals surface area (Å²) < 4.78 is 0. The molecule has 3 nitrogen and oxygen atoms in total. The normalized spacial score (nSPS) is 11.3. The Hall–Kier alpha value is -1.81. The van der Waals surface area contributed by atoms with Gasteiger partial charge in [0.2, 0.25) is 0 Å². The zero-order chi connectivity index (χ0) is 18.4. The summed E-state index contributed by atoms with van der Waals surface area (Å²) >= 11 is 11.9. The van der Waals surface area contributed by atoms with Gasteiger partial charge in [-0.25, -0.2) is 0 Å². The second kappa shape index (κ2) is 9.04. The van der Waals surface area contributed by atoms with Crippen molar-refractivity contribution in [3.63, 3.8) is 0 Å². The molecule has 0 aliphatic heterocycles. The summed E-state index contributed by atoms with van der Waals surface area (Å²) in [6, 6.07) is 13.0. The molecular formula is C20H22Cl2N2O. The number of benzene rings is 2. The van der Waals surface area contributed by atoms with Crippen molar-refractivity contribution in [2.45, 2.75) is 0 Å². The highest BCUT2D eigenvalue weighted by molar-refractivity contribution is 6.37. The van der Waals surface area contributed by atoms with Gasteiger partial charge in [-0.15, -0.1) is 0 Å². The number of allylic oxidation sites excluding steroid dienone is 1. The van der Waals surface area contributed by atoms with Crippen molar-refractivity contribution >= 4 is 40.7 Å². The van der Waals surface area contributed by atoms with Crippen LogP contribution in [0.4, 0.5) is 5.69 Å². The average Bonchev–Trinajstić information content (AvgIpc) is 2.57. The summed E-state index contributed by atoms with van der Waals surface area (Å²) in [5, 5.41) is 0.873. The lowest BCUT2D eigenvalue weighted by atomic mass is 10.1. The highest BCUT2D eigenvalue weighted by Gasteiger charge is 2.08. The SMILES string of the molecule is CN(C)CCN(C)c1cccc(C=CC(=O)c2ccc(Cl)cc2Cl)c1. The number of carbonyl (C=O) groups excluding carboxylic acids is 1. The lowest BCUT2D eigenvalue weighted by Gasteiger charge is -2.21. The van der Waals surface area contributed by atoms with Gasteiger partial charge in [0.05, 0.1) is 5.02 Å². The molecule has 0 bridgehead atoms. The van der Waals surface area contributed by atoms with E-state index in [1.54, 1.807) is 24.3 Å². The molecule has 0 saturated carbocycles. The molecule has 0 radical (unpaired) electrons. The smallest absolute Gasteiger partial charge is 0.187 e. The maximum absolute atomic E-state index is 12.3. The molecule has 25 heavy (non-hydrogen) atoms. The van der Waals surface area contributed by atoms with E-state index in [-0.39, 0.29) is 5.78 Å². The molecule has 0 atom stereocenters. The minimum atomic E-state index is -0.145. The van der Waals surface area contributed by atoms with Gasteiger partial charge in [-0.05, 0) is 56.1 Å². The Morgan fingerprint density at radius 1 is 1.04 bits per heavy atom. The van der Waals surface area contributed by atoms with Crippen molar-refractivity contribution in [2.75, 3.05) is 39.1 Å². The minimum Gasteiger partial charge on any atom is -0.373 e. The fraction of sp³-hybridized carbons (Fsp3) is 0.250. The van der Waals surface area contributed by atoms with Gasteiger partial charge in [-0.3, -0.25) is 4.79 Å². The van der Waals surface area contributed by atoms with E-state index in [1.165, 1.54) is 6.08 Å². The van der Waals surface area contributed by atoms with Crippen molar-refractivity contribution < 1.29 is 4.79 Å². The van der Waals surface area contributed by atoms with E-state index in [9.17, 15) is 4.79 Å². The molecule has 0 aromatic heterocycles. The third kappa shape index (κ3) is 5.89. The number of ketones is 1. The van der Waals surface area contributed by atoms with Crippen molar-refractivity contribution in [1.82, 2.24) is 4.90 Å². The van der Waals surface area contributed by atoms with Gasteiger partial charge in [0, 0.05) is 36.4 Å². The van der Waals surface area contributed by atoms with Crippen LogP contribution >= 0.6 is 23.2 Å². The standard InChI is InChI=1S/C20H22Cl2N2O/c1-23(2)11-12-24(3)17-6-4-5-15(13-17)7-10-20(25)18-9-8-16(21)14-19(18)22/h4-10,13-14H,11-12H2,1-3H3. The van der Waals surface area contributed by atoms with Gasteiger partial charge in [0.1, 0.15) is 0 Å². The van der Waals surface area contributed by atoms with Gasteiger partial charge in [-0.1, -0.05) is 41.4 Å². The molecule has 0 heterocycles. The monoisotopic (exact) mass is 376 g/mol. The number of hydrogen-bond donors (Lipinski definition) is 0. The molecule has 0 spiro atoms. The second-order valence-corrected chi connectivity index (χ2v) is 6.99. The summed E-state index contributed by atoms with van der Waals surface area (Å²) in [6.45, 7) is 1.91. The minimum absolute atomic E-state index is 0.145. The van der Waals surface area contributed by atoms with Crippen LogP contribution in [0.2, 0.25) is 10.0 Å². The molecule has 2 aromatic rings. The topological polar surface area (TPSA) is 23.6 Å². The number of hydrogen-bond acceptors (Lipinski definition) is 3. The Kier molecular flexibility index (Phi) is 7.06. The van der Waals surface area contributed by atoms with E-state index in [2.05, 4.69) is 43.1 Å². The van der Waals surface area contributed by atoms with E-state index < -0.39 is 0 Å². The first-order valence-electron chi connectivity index (χ1n) is 8.00.